The van der Waals surface area contributed by atoms with Gasteiger partial charge in [0.2, 0.25) is 0 Å². The first-order valence-electron chi connectivity index (χ1n) is 18.0. The van der Waals surface area contributed by atoms with Gasteiger partial charge in [-0.3, -0.25) is 0 Å². The third-order valence-corrected chi connectivity index (χ3v) is 10.6. The van der Waals surface area contributed by atoms with E-state index in [4.69, 9.17) is 0 Å². The van der Waals surface area contributed by atoms with Gasteiger partial charge in [0.1, 0.15) is 0 Å². The van der Waals surface area contributed by atoms with Crippen molar-refractivity contribution in [2.24, 2.45) is 0 Å². The fraction of sp³-hybridized carbons (Fsp3) is 0.125. The molecule has 0 amide bonds. The normalized spacial score (nSPS) is 13.5. The number of benzene rings is 7. The van der Waals surface area contributed by atoms with E-state index in [0.717, 1.165) is 17.1 Å². The zero-order chi connectivity index (χ0) is 33.3. The van der Waals surface area contributed by atoms with E-state index in [1.165, 1.54) is 87.3 Å². The van der Waals surface area contributed by atoms with Crippen molar-refractivity contribution in [3.63, 3.8) is 0 Å². The van der Waals surface area contributed by atoms with Gasteiger partial charge in [-0.2, -0.15) is 0 Å². The van der Waals surface area contributed by atoms with Crippen LogP contribution in [0.25, 0.3) is 55.2 Å². The lowest BCUT2D eigenvalue weighted by Crippen LogP contribution is -2.12. The predicted molar refractivity (Wildman–Crippen MR) is 213 cm³/mol. The number of para-hydroxylation sites is 2. The Morgan fingerprint density at radius 3 is 1.42 bits per heavy atom. The van der Waals surface area contributed by atoms with Crippen molar-refractivity contribution in [1.29, 1.82) is 0 Å². The molecule has 1 aliphatic rings. The monoisotopic (exact) mass is 644 g/mol. The van der Waals surface area contributed by atoms with Gasteiger partial charge in [0, 0.05) is 44.9 Å². The Morgan fingerprint density at radius 1 is 0.360 bits per heavy atom. The molecular weight excluding hydrogens is 605 g/mol. The Morgan fingerprint density at radius 2 is 0.800 bits per heavy atom. The molecule has 2 nitrogen and oxygen atoms in total. The van der Waals surface area contributed by atoms with E-state index in [2.05, 4.69) is 185 Å². The zero-order valence-electron chi connectivity index (χ0n) is 28.3. The molecule has 0 spiro atoms. The molecule has 2 heteroatoms. The van der Waals surface area contributed by atoms with Crippen molar-refractivity contribution in [1.82, 2.24) is 4.57 Å². The second-order valence-electron chi connectivity index (χ2n) is 13.6. The van der Waals surface area contributed by atoms with Crippen LogP contribution in [0, 0.1) is 0 Å². The topological polar surface area (TPSA) is 8.17 Å². The largest absolute Gasteiger partial charge is 0.337 e. The molecule has 50 heavy (non-hydrogen) atoms. The Bertz CT molecular complexity index is 2360. The first-order chi connectivity index (χ1) is 24.8. The summed E-state index contributed by atoms with van der Waals surface area (Å²) in [6.07, 6.45) is 6.60. The van der Waals surface area contributed by atoms with Crippen LogP contribution in [0.3, 0.4) is 0 Å². The molecule has 1 fully saturated rings. The zero-order valence-corrected chi connectivity index (χ0v) is 28.3. The summed E-state index contributed by atoms with van der Waals surface area (Å²) in [6.45, 7) is 0. The highest BCUT2D eigenvalue weighted by atomic mass is 15.1. The summed E-state index contributed by atoms with van der Waals surface area (Å²) in [4.78, 5) is 2.32. The highest BCUT2D eigenvalue weighted by Gasteiger charge is 2.21. The maximum atomic E-state index is 2.64. The first kappa shape index (κ1) is 30.2. The molecule has 0 N–H and O–H groups in total. The minimum absolute atomic E-state index is 0.600. The van der Waals surface area contributed by atoms with Gasteiger partial charge < -0.3 is 9.47 Å². The lowest BCUT2D eigenvalue weighted by atomic mass is 9.95. The maximum absolute atomic E-state index is 2.64. The number of fused-ring (bicyclic) bond motifs is 3. The molecule has 0 radical (unpaired) electrons. The number of anilines is 3. The van der Waals surface area contributed by atoms with Crippen LogP contribution in [0.5, 0.6) is 0 Å². The average Bonchev–Trinajstić information content (AvgIpc) is 3.53. The third kappa shape index (κ3) is 5.67. The molecule has 7 aromatic carbocycles. The van der Waals surface area contributed by atoms with Crippen molar-refractivity contribution in [2.45, 2.75) is 38.1 Å². The maximum Gasteiger partial charge on any atom is 0.0494 e. The lowest BCUT2D eigenvalue weighted by Gasteiger charge is -2.26. The van der Waals surface area contributed by atoms with Gasteiger partial charge in [-0.15, -0.1) is 0 Å². The number of hydrogen-bond acceptors (Lipinski definition) is 1. The molecule has 0 aliphatic heterocycles. The second kappa shape index (κ2) is 13.2. The van der Waals surface area contributed by atoms with E-state index in [1.54, 1.807) is 0 Å². The fourth-order valence-corrected chi connectivity index (χ4v) is 8.03. The Labute approximate surface area is 294 Å². The van der Waals surface area contributed by atoms with Crippen LogP contribution < -0.4 is 4.90 Å². The number of rotatable bonds is 7. The highest BCUT2D eigenvalue weighted by Crippen LogP contribution is 2.40. The standard InChI is InChI=1S/C48H40N2/c1-4-12-35(13-5-1)37-24-29-43(30-25-37)49(41-14-6-2-7-15-41)44-31-26-38(27-32-44)36-20-22-39(23-21-36)40-28-33-48-46(34-40)45-18-10-11-19-47(45)50(48)42-16-8-3-9-17-42/h1-2,4-7,10-15,18-34,42H,3,8-9,16-17H2. The Hall–Kier alpha value is -5.86. The highest BCUT2D eigenvalue weighted by molar-refractivity contribution is 6.09. The van der Waals surface area contributed by atoms with E-state index < -0.39 is 0 Å². The van der Waals surface area contributed by atoms with Crippen LogP contribution in [0.15, 0.2) is 176 Å². The van der Waals surface area contributed by atoms with Gasteiger partial charge in [-0.25, -0.2) is 0 Å². The molecule has 1 saturated carbocycles. The summed E-state index contributed by atoms with van der Waals surface area (Å²) in [7, 11) is 0. The second-order valence-corrected chi connectivity index (χ2v) is 13.6. The van der Waals surface area contributed by atoms with Gasteiger partial charge in [-0.1, -0.05) is 141 Å². The number of hydrogen-bond donors (Lipinski definition) is 0. The van der Waals surface area contributed by atoms with Crippen LogP contribution in [-0.2, 0) is 0 Å². The number of nitrogens with zero attached hydrogens (tertiary/aromatic N) is 2. The summed E-state index contributed by atoms with van der Waals surface area (Å²) in [6, 6.07) is 64.7. The molecule has 0 saturated heterocycles. The summed E-state index contributed by atoms with van der Waals surface area (Å²) in [5, 5.41) is 2.73. The van der Waals surface area contributed by atoms with Gasteiger partial charge >= 0.3 is 0 Å². The summed E-state index contributed by atoms with van der Waals surface area (Å²) >= 11 is 0. The summed E-state index contributed by atoms with van der Waals surface area (Å²) < 4.78 is 2.64. The minimum Gasteiger partial charge on any atom is -0.337 e. The van der Waals surface area contributed by atoms with Crippen molar-refractivity contribution in [3.8, 4) is 33.4 Å². The molecule has 242 valence electrons. The van der Waals surface area contributed by atoms with Gasteiger partial charge in [0.15, 0.2) is 0 Å². The van der Waals surface area contributed by atoms with Gasteiger partial charge in [-0.05, 0) is 101 Å². The molecule has 1 aliphatic carbocycles. The quantitative estimate of drug-likeness (QED) is 0.168. The first-order valence-corrected chi connectivity index (χ1v) is 18.0. The van der Waals surface area contributed by atoms with Crippen LogP contribution in [-0.4, -0.2) is 4.57 Å². The Balaban J connectivity index is 1.00. The molecule has 9 rings (SSSR count). The Kier molecular flexibility index (Phi) is 7.99. The van der Waals surface area contributed by atoms with E-state index >= 15 is 0 Å². The van der Waals surface area contributed by atoms with Crippen molar-refractivity contribution in [3.05, 3.63) is 176 Å². The molecule has 1 heterocycles. The van der Waals surface area contributed by atoms with Gasteiger partial charge in [0.25, 0.3) is 0 Å². The molecule has 8 aromatic rings. The van der Waals surface area contributed by atoms with E-state index in [-0.39, 0.29) is 0 Å². The van der Waals surface area contributed by atoms with Crippen molar-refractivity contribution < 1.29 is 0 Å². The molecule has 0 unspecified atom stereocenters. The molecule has 0 bridgehead atoms. The van der Waals surface area contributed by atoms with Crippen molar-refractivity contribution >= 4 is 38.9 Å². The van der Waals surface area contributed by atoms with E-state index in [9.17, 15) is 0 Å². The molecule has 0 atom stereocenters. The van der Waals surface area contributed by atoms with Crippen LogP contribution in [0.1, 0.15) is 38.1 Å². The van der Waals surface area contributed by atoms with Crippen LogP contribution in [0.2, 0.25) is 0 Å². The molecule has 1 aromatic heterocycles. The number of aromatic nitrogens is 1. The predicted octanol–water partition coefficient (Wildman–Crippen LogP) is 13.8. The van der Waals surface area contributed by atoms with E-state index in [0.29, 0.717) is 6.04 Å². The van der Waals surface area contributed by atoms with Crippen LogP contribution >= 0.6 is 0 Å². The minimum atomic E-state index is 0.600. The molecular formula is C48H40N2. The lowest BCUT2D eigenvalue weighted by molar-refractivity contribution is 0.367. The summed E-state index contributed by atoms with van der Waals surface area (Å²) in [5.41, 5.74) is 13.5. The smallest absolute Gasteiger partial charge is 0.0494 e. The van der Waals surface area contributed by atoms with E-state index in [1.807, 2.05) is 0 Å². The SMILES string of the molecule is c1ccc(-c2ccc(N(c3ccccc3)c3ccc(-c4ccc(-c5ccc6c(c5)c5ccccc5n6C5CCCCC5)cc4)cc3)cc2)cc1. The van der Waals surface area contributed by atoms with Gasteiger partial charge in [0.05, 0.1) is 0 Å². The fourth-order valence-electron chi connectivity index (χ4n) is 8.03. The third-order valence-electron chi connectivity index (χ3n) is 10.6. The van der Waals surface area contributed by atoms with Crippen LogP contribution in [0.4, 0.5) is 17.1 Å². The average molecular weight is 645 g/mol. The summed E-state index contributed by atoms with van der Waals surface area (Å²) in [5.74, 6) is 0. The van der Waals surface area contributed by atoms with Crippen molar-refractivity contribution in [2.75, 3.05) is 4.90 Å².